The first-order valence-corrected chi connectivity index (χ1v) is 8.43. The van der Waals surface area contributed by atoms with Gasteiger partial charge in [0.1, 0.15) is 0 Å². The summed E-state index contributed by atoms with van der Waals surface area (Å²) in [6, 6.07) is 17.0. The number of nitrogens with zero attached hydrogens (tertiary/aromatic N) is 1. The number of hydrogen-bond donors (Lipinski definition) is 0. The molecule has 2 aromatic carbocycles. The van der Waals surface area contributed by atoms with Crippen LogP contribution >= 0.6 is 11.8 Å². The van der Waals surface area contributed by atoms with Crippen molar-refractivity contribution in [3.63, 3.8) is 0 Å². The Labute approximate surface area is 140 Å². The third kappa shape index (κ3) is 3.22. The van der Waals surface area contributed by atoms with Crippen LogP contribution in [-0.4, -0.2) is 11.7 Å². The molecule has 0 radical (unpaired) electrons. The number of ketones is 1. The topological polar surface area (TPSA) is 37.4 Å². The number of fused-ring (bicyclic) bond motifs is 1. The lowest BCUT2D eigenvalue weighted by molar-refractivity contribution is -0.118. The number of Topliss-reactive ketones (excluding diaryl/α,β-unsaturated/α-hetero) is 1. The minimum Gasteiger partial charge on any atom is -0.288 e. The second-order valence-electron chi connectivity index (χ2n) is 5.27. The van der Waals surface area contributed by atoms with E-state index in [-0.39, 0.29) is 11.7 Å². The minimum absolute atomic E-state index is 0.00411. The summed E-state index contributed by atoms with van der Waals surface area (Å²) in [5, 5.41) is 0. The van der Waals surface area contributed by atoms with Crippen LogP contribution in [0.2, 0.25) is 0 Å². The Morgan fingerprint density at radius 2 is 1.78 bits per heavy atom. The lowest BCUT2D eigenvalue weighted by Gasteiger charge is -2.19. The Kier molecular flexibility index (Phi) is 4.63. The number of carbonyl (C=O) groups excluding carboxylic acids is 2. The first-order chi connectivity index (χ1) is 11.2. The predicted molar refractivity (Wildman–Crippen MR) is 93.5 cm³/mol. The van der Waals surface area contributed by atoms with Crippen molar-refractivity contribution >= 4 is 29.1 Å². The molecule has 0 saturated heterocycles. The molecule has 0 spiro atoms. The molecule has 3 rings (SSSR count). The van der Waals surface area contributed by atoms with E-state index >= 15 is 0 Å². The number of para-hydroxylation sites is 1. The molecule has 2 aromatic rings. The normalized spacial score (nSPS) is 14.8. The van der Waals surface area contributed by atoms with E-state index in [0.717, 1.165) is 17.0 Å². The zero-order chi connectivity index (χ0) is 16.2. The van der Waals surface area contributed by atoms with Gasteiger partial charge in [-0.25, -0.2) is 0 Å². The van der Waals surface area contributed by atoms with Gasteiger partial charge in [0, 0.05) is 28.8 Å². The van der Waals surface area contributed by atoms with Gasteiger partial charge in [-0.05, 0) is 30.7 Å². The van der Waals surface area contributed by atoms with Crippen molar-refractivity contribution in [2.75, 3.05) is 4.90 Å². The molecule has 3 nitrogen and oxygen atoms in total. The maximum atomic E-state index is 12.5. The van der Waals surface area contributed by atoms with Crippen LogP contribution in [0.15, 0.2) is 70.6 Å². The molecule has 0 aliphatic carbocycles. The Morgan fingerprint density at radius 3 is 2.48 bits per heavy atom. The molecule has 0 aromatic heterocycles. The number of hydrogen-bond acceptors (Lipinski definition) is 3. The van der Waals surface area contributed by atoms with Crippen molar-refractivity contribution in [1.29, 1.82) is 0 Å². The molecule has 0 atom stereocenters. The van der Waals surface area contributed by atoms with Crippen molar-refractivity contribution in [2.45, 2.75) is 24.7 Å². The number of thioether (sulfide) groups is 1. The quantitative estimate of drug-likeness (QED) is 0.769. The molecule has 1 aliphatic rings. The Hall–Kier alpha value is -2.33. The summed E-state index contributed by atoms with van der Waals surface area (Å²) in [5.41, 5.74) is 1.49. The van der Waals surface area contributed by atoms with Gasteiger partial charge in [0.15, 0.2) is 0 Å². The van der Waals surface area contributed by atoms with Gasteiger partial charge in [0.05, 0.1) is 4.91 Å². The summed E-state index contributed by atoms with van der Waals surface area (Å²) >= 11 is 1.42. The predicted octanol–water partition coefficient (Wildman–Crippen LogP) is 4.65. The van der Waals surface area contributed by atoms with Crippen LogP contribution in [0, 0.1) is 0 Å². The minimum atomic E-state index is -0.0178. The Bertz CT molecular complexity index is 768. The molecule has 1 heterocycles. The Morgan fingerprint density at radius 1 is 1.09 bits per heavy atom. The fourth-order valence-corrected chi connectivity index (χ4v) is 3.47. The molecule has 0 bridgehead atoms. The molecule has 116 valence electrons. The number of allylic oxidation sites excluding steroid dienone is 1. The van der Waals surface area contributed by atoms with E-state index in [4.69, 9.17) is 0 Å². The number of anilines is 1. The van der Waals surface area contributed by atoms with Crippen LogP contribution in [0.4, 0.5) is 5.69 Å². The largest absolute Gasteiger partial charge is 0.288 e. The van der Waals surface area contributed by atoms with Crippen LogP contribution in [0.3, 0.4) is 0 Å². The van der Waals surface area contributed by atoms with Crippen LogP contribution in [-0.2, 0) is 4.79 Å². The van der Waals surface area contributed by atoms with E-state index in [1.54, 1.807) is 11.1 Å². The fraction of sp³-hybridized carbons (Fsp3) is 0.158. The lowest BCUT2D eigenvalue weighted by Crippen LogP contribution is -2.25. The van der Waals surface area contributed by atoms with Crippen molar-refractivity contribution < 1.29 is 9.59 Å². The number of rotatable bonds is 4. The average Bonchev–Trinajstić information content (AvgIpc) is 2.90. The summed E-state index contributed by atoms with van der Waals surface area (Å²) < 4.78 is 0. The maximum Gasteiger partial charge on any atom is 0.231 e. The molecule has 0 unspecified atom stereocenters. The molecule has 23 heavy (non-hydrogen) atoms. The highest BCUT2D eigenvalue weighted by molar-refractivity contribution is 8.04. The van der Waals surface area contributed by atoms with E-state index in [2.05, 4.69) is 0 Å². The van der Waals surface area contributed by atoms with Gasteiger partial charge < -0.3 is 0 Å². The van der Waals surface area contributed by atoms with Crippen LogP contribution in [0.5, 0.6) is 0 Å². The Balaban J connectivity index is 1.96. The summed E-state index contributed by atoms with van der Waals surface area (Å²) in [7, 11) is 0. The van der Waals surface area contributed by atoms with Crippen LogP contribution in [0.1, 0.15) is 30.1 Å². The molecule has 4 heteroatoms. The molecule has 0 fully saturated rings. The monoisotopic (exact) mass is 323 g/mol. The van der Waals surface area contributed by atoms with Crippen LogP contribution < -0.4 is 4.90 Å². The number of benzene rings is 2. The first-order valence-electron chi connectivity index (χ1n) is 7.61. The molecule has 1 amide bonds. The standard InChI is InChI=1S/C19H17NO2S/c1-2-8-18(21)20(14-9-4-3-5-10-14)13-17-19(22)15-11-6-7-12-16(15)23-17/h3-7,9-13H,2,8H2,1H3. The van der Waals surface area contributed by atoms with E-state index in [1.165, 1.54) is 11.8 Å². The van der Waals surface area contributed by atoms with Crippen molar-refractivity contribution in [2.24, 2.45) is 0 Å². The average molecular weight is 323 g/mol. The molecule has 1 aliphatic heterocycles. The number of amides is 1. The van der Waals surface area contributed by atoms with Gasteiger partial charge in [-0.3, -0.25) is 14.5 Å². The summed E-state index contributed by atoms with van der Waals surface area (Å²) in [4.78, 5) is 28.1. The summed E-state index contributed by atoms with van der Waals surface area (Å²) in [5.74, 6) is -0.0219. The molecular formula is C19H17NO2S. The zero-order valence-corrected chi connectivity index (χ0v) is 13.7. The van der Waals surface area contributed by atoms with Crippen LogP contribution in [0.25, 0.3) is 0 Å². The van der Waals surface area contributed by atoms with E-state index < -0.39 is 0 Å². The second-order valence-corrected chi connectivity index (χ2v) is 6.35. The number of carbonyl (C=O) groups is 2. The van der Waals surface area contributed by atoms with Gasteiger partial charge in [-0.2, -0.15) is 0 Å². The summed E-state index contributed by atoms with van der Waals surface area (Å²) in [6.07, 6.45) is 2.90. The summed E-state index contributed by atoms with van der Waals surface area (Å²) in [6.45, 7) is 1.97. The fourth-order valence-electron chi connectivity index (χ4n) is 2.46. The third-order valence-electron chi connectivity index (χ3n) is 3.59. The van der Waals surface area contributed by atoms with Gasteiger partial charge in [-0.1, -0.05) is 49.0 Å². The highest BCUT2D eigenvalue weighted by Crippen LogP contribution is 2.40. The van der Waals surface area contributed by atoms with Gasteiger partial charge in [0.2, 0.25) is 11.7 Å². The van der Waals surface area contributed by atoms with Gasteiger partial charge in [0.25, 0.3) is 0 Å². The maximum absolute atomic E-state index is 12.5. The van der Waals surface area contributed by atoms with Crippen molar-refractivity contribution in [1.82, 2.24) is 0 Å². The lowest BCUT2D eigenvalue weighted by atomic mass is 10.1. The van der Waals surface area contributed by atoms with E-state index in [9.17, 15) is 9.59 Å². The third-order valence-corrected chi connectivity index (χ3v) is 4.68. The van der Waals surface area contributed by atoms with Crippen molar-refractivity contribution in [3.8, 4) is 0 Å². The smallest absolute Gasteiger partial charge is 0.231 e. The zero-order valence-electron chi connectivity index (χ0n) is 12.9. The van der Waals surface area contributed by atoms with E-state index in [1.807, 2.05) is 61.5 Å². The molecule has 0 N–H and O–H groups in total. The van der Waals surface area contributed by atoms with Gasteiger partial charge in [-0.15, -0.1) is 0 Å². The first kappa shape index (κ1) is 15.6. The van der Waals surface area contributed by atoms with E-state index in [0.29, 0.717) is 16.9 Å². The highest BCUT2D eigenvalue weighted by Gasteiger charge is 2.27. The van der Waals surface area contributed by atoms with Gasteiger partial charge >= 0.3 is 0 Å². The second kappa shape index (κ2) is 6.84. The molecule has 0 saturated carbocycles. The SMILES string of the molecule is CCCC(=O)N(C=C1Sc2ccccc2C1=O)c1ccccc1. The molecular weight excluding hydrogens is 306 g/mol. The van der Waals surface area contributed by atoms with Crippen molar-refractivity contribution in [3.05, 3.63) is 71.3 Å². The highest BCUT2D eigenvalue weighted by atomic mass is 32.2.